The van der Waals surface area contributed by atoms with E-state index in [1.54, 1.807) is 13.0 Å². The molecule has 4 nitrogen and oxygen atoms in total. The summed E-state index contributed by atoms with van der Waals surface area (Å²) < 4.78 is 4.59. The third-order valence-electron chi connectivity index (χ3n) is 2.14. The standard InChI is InChI=1S/C13H16O4/c1-2-17-13(16)12(15)11(14)9-8-10-6-4-3-5-7-10/h3-9,11-12,14-15H,2H2,1H3/b9-8+/t11-,12+/m0/s1. The summed E-state index contributed by atoms with van der Waals surface area (Å²) >= 11 is 0. The summed E-state index contributed by atoms with van der Waals surface area (Å²) in [5.41, 5.74) is 0.877. The number of hydrogen-bond donors (Lipinski definition) is 2. The van der Waals surface area contributed by atoms with Gasteiger partial charge in [0.15, 0.2) is 6.10 Å². The molecular weight excluding hydrogens is 220 g/mol. The highest BCUT2D eigenvalue weighted by Crippen LogP contribution is 2.05. The highest BCUT2D eigenvalue weighted by molar-refractivity contribution is 5.75. The van der Waals surface area contributed by atoms with Gasteiger partial charge in [-0.3, -0.25) is 0 Å². The zero-order chi connectivity index (χ0) is 12.7. The molecule has 92 valence electrons. The van der Waals surface area contributed by atoms with Gasteiger partial charge < -0.3 is 14.9 Å². The number of aliphatic hydroxyl groups is 2. The first-order chi connectivity index (χ1) is 8.15. The number of carbonyl (C=O) groups is 1. The van der Waals surface area contributed by atoms with E-state index in [1.807, 2.05) is 30.3 Å². The second kappa shape index (κ2) is 6.83. The molecule has 0 heterocycles. The van der Waals surface area contributed by atoms with Crippen LogP contribution in [0.3, 0.4) is 0 Å². The fourth-order valence-corrected chi connectivity index (χ4v) is 1.25. The van der Waals surface area contributed by atoms with Gasteiger partial charge in [-0.25, -0.2) is 4.79 Å². The molecule has 2 N–H and O–H groups in total. The molecule has 4 heteroatoms. The maximum absolute atomic E-state index is 11.1. The van der Waals surface area contributed by atoms with Gasteiger partial charge in [0.05, 0.1) is 6.61 Å². The number of esters is 1. The molecule has 1 aromatic rings. The average molecular weight is 236 g/mol. The SMILES string of the molecule is CCOC(=O)[C@H](O)[C@@H](O)/C=C/c1ccccc1. The van der Waals surface area contributed by atoms with Gasteiger partial charge in [0.25, 0.3) is 0 Å². The predicted molar refractivity (Wildman–Crippen MR) is 64.1 cm³/mol. The van der Waals surface area contributed by atoms with Crippen LogP contribution in [0.2, 0.25) is 0 Å². The lowest BCUT2D eigenvalue weighted by molar-refractivity contribution is -0.157. The smallest absolute Gasteiger partial charge is 0.338 e. The van der Waals surface area contributed by atoms with E-state index < -0.39 is 18.2 Å². The van der Waals surface area contributed by atoms with Crippen molar-refractivity contribution in [1.29, 1.82) is 0 Å². The van der Waals surface area contributed by atoms with Crippen LogP contribution >= 0.6 is 0 Å². The summed E-state index contributed by atoms with van der Waals surface area (Å²) in [4.78, 5) is 11.1. The molecule has 0 spiro atoms. The maximum Gasteiger partial charge on any atom is 0.338 e. The van der Waals surface area contributed by atoms with Gasteiger partial charge in [0, 0.05) is 0 Å². The van der Waals surface area contributed by atoms with Crippen LogP contribution in [-0.2, 0) is 9.53 Å². The summed E-state index contributed by atoms with van der Waals surface area (Å²) in [5, 5.41) is 19.0. The van der Waals surface area contributed by atoms with Gasteiger partial charge in [0.2, 0.25) is 0 Å². The number of hydrogen-bond acceptors (Lipinski definition) is 4. The Morgan fingerprint density at radius 1 is 1.35 bits per heavy atom. The van der Waals surface area contributed by atoms with Gasteiger partial charge in [-0.2, -0.15) is 0 Å². The number of aliphatic hydroxyl groups excluding tert-OH is 2. The van der Waals surface area contributed by atoms with Crippen molar-refractivity contribution in [3.05, 3.63) is 42.0 Å². The molecule has 0 amide bonds. The molecule has 0 saturated heterocycles. The molecule has 17 heavy (non-hydrogen) atoms. The molecule has 1 rings (SSSR count). The Balaban J connectivity index is 2.57. The number of rotatable bonds is 5. The Kier molecular flexibility index (Phi) is 5.39. The molecule has 2 atom stereocenters. The first-order valence-corrected chi connectivity index (χ1v) is 5.41. The molecule has 0 aliphatic rings. The molecule has 0 radical (unpaired) electrons. The van der Waals surface area contributed by atoms with Crippen LogP contribution in [0.15, 0.2) is 36.4 Å². The molecule has 0 aliphatic heterocycles. The third-order valence-corrected chi connectivity index (χ3v) is 2.14. The van der Waals surface area contributed by atoms with Gasteiger partial charge in [-0.1, -0.05) is 42.5 Å². The van der Waals surface area contributed by atoms with Crippen molar-refractivity contribution in [2.75, 3.05) is 6.61 Å². The summed E-state index contributed by atoms with van der Waals surface area (Å²) in [5.74, 6) is -0.822. The number of benzene rings is 1. The zero-order valence-electron chi connectivity index (χ0n) is 9.61. The van der Waals surface area contributed by atoms with Gasteiger partial charge in [0.1, 0.15) is 6.10 Å². The second-order valence-electron chi connectivity index (χ2n) is 3.46. The number of carbonyl (C=O) groups excluding carboxylic acids is 1. The van der Waals surface area contributed by atoms with E-state index in [9.17, 15) is 15.0 Å². The highest BCUT2D eigenvalue weighted by Gasteiger charge is 2.23. The molecule has 0 fully saturated rings. The highest BCUT2D eigenvalue weighted by atomic mass is 16.5. The van der Waals surface area contributed by atoms with E-state index >= 15 is 0 Å². The topological polar surface area (TPSA) is 66.8 Å². The molecule has 0 bridgehead atoms. The van der Waals surface area contributed by atoms with Crippen molar-refractivity contribution in [2.45, 2.75) is 19.1 Å². The van der Waals surface area contributed by atoms with Crippen molar-refractivity contribution < 1.29 is 19.7 Å². The van der Waals surface area contributed by atoms with E-state index in [0.717, 1.165) is 5.56 Å². The van der Waals surface area contributed by atoms with Crippen molar-refractivity contribution >= 4 is 12.0 Å². The van der Waals surface area contributed by atoms with Crippen molar-refractivity contribution in [2.24, 2.45) is 0 Å². The molecule has 1 aromatic carbocycles. The Morgan fingerprint density at radius 3 is 2.59 bits per heavy atom. The van der Waals surface area contributed by atoms with Crippen LogP contribution in [0.5, 0.6) is 0 Å². The van der Waals surface area contributed by atoms with E-state index in [0.29, 0.717) is 0 Å². The summed E-state index contributed by atoms with van der Waals surface area (Å²) in [6.45, 7) is 1.81. The van der Waals surface area contributed by atoms with E-state index in [1.165, 1.54) is 6.08 Å². The summed E-state index contributed by atoms with van der Waals surface area (Å²) in [6.07, 6.45) is 0.175. The fraction of sp³-hybridized carbons (Fsp3) is 0.308. The lowest BCUT2D eigenvalue weighted by Gasteiger charge is -2.12. The van der Waals surface area contributed by atoms with Crippen LogP contribution in [0.1, 0.15) is 12.5 Å². The molecule has 0 saturated carbocycles. The van der Waals surface area contributed by atoms with Gasteiger partial charge >= 0.3 is 5.97 Å². The van der Waals surface area contributed by atoms with Crippen molar-refractivity contribution in [1.82, 2.24) is 0 Å². The molecule has 0 unspecified atom stereocenters. The molecule has 0 aliphatic carbocycles. The lowest BCUT2D eigenvalue weighted by Crippen LogP contribution is -2.34. The first kappa shape index (κ1) is 13.4. The van der Waals surface area contributed by atoms with E-state index in [-0.39, 0.29) is 6.61 Å². The van der Waals surface area contributed by atoms with Crippen LogP contribution in [0, 0.1) is 0 Å². The molecular formula is C13H16O4. The Morgan fingerprint density at radius 2 is 2.00 bits per heavy atom. The van der Waals surface area contributed by atoms with E-state index in [2.05, 4.69) is 4.74 Å². The monoisotopic (exact) mass is 236 g/mol. The van der Waals surface area contributed by atoms with Crippen LogP contribution in [-0.4, -0.2) is 35.0 Å². The maximum atomic E-state index is 11.1. The Hall–Kier alpha value is -1.65. The normalized spacial score (nSPS) is 14.5. The first-order valence-electron chi connectivity index (χ1n) is 5.41. The predicted octanol–water partition coefficient (Wildman–Crippen LogP) is 0.985. The Bertz CT molecular complexity index is 372. The molecule has 0 aromatic heterocycles. The Labute approximate surface area is 100 Å². The van der Waals surface area contributed by atoms with Gasteiger partial charge in [-0.15, -0.1) is 0 Å². The minimum Gasteiger partial charge on any atom is -0.464 e. The quantitative estimate of drug-likeness (QED) is 0.748. The minimum atomic E-state index is -1.55. The van der Waals surface area contributed by atoms with E-state index in [4.69, 9.17) is 0 Å². The van der Waals surface area contributed by atoms with Crippen LogP contribution in [0.4, 0.5) is 0 Å². The summed E-state index contributed by atoms with van der Waals surface area (Å²) in [7, 11) is 0. The summed E-state index contributed by atoms with van der Waals surface area (Å²) in [6, 6.07) is 9.28. The van der Waals surface area contributed by atoms with Crippen molar-refractivity contribution in [3.8, 4) is 0 Å². The van der Waals surface area contributed by atoms with Gasteiger partial charge in [-0.05, 0) is 12.5 Å². The zero-order valence-corrected chi connectivity index (χ0v) is 9.61. The average Bonchev–Trinajstić information content (AvgIpc) is 2.36. The van der Waals surface area contributed by atoms with Crippen molar-refractivity contribution in [3.63, 3.8) is 0 Å². The fourth-order valence-electron chi connectivity index (χ4n) is 1.25. The minimum absolute atomic E-state index is 0.172. The number of ether oxygens (including phenoxy) is 1. The van der Waals surface area contributed by atoms with Crippen LogP contribution < -0.4 is 0 Å². The van der Waals surface area contributed by atoms with Crippen LogP contribution in [0.25, 0.3) is 6.08 Å². The second-order valence-corrected chi connectivity index (χ2v) is 3.46. The third kappa shape index (κ3) is 4.38. The lowest BCUT2D eigenvalue weighted by atomic mass is 10.1. The largest absolute Gasteiger partial charge is 0.464 e.